The molecule has 2 aromatic carbocycles. The zero-order chi connectivity index (χ0) is 36.2. The van der Waals surface area contributed by atoms with Crippen molar-refractivity contribution in [2.45, 2.75) is 70.6 Å². The van der Waals surface area contributed by atoms with Gasteiger partial charge in [-0.15, -0.1) is 0 Å². The molecule has 4 amide bonds. The molecule has 4 atom stereocenters. The first-order valence-electron chi connectivity index (χ1n) is 17.3. The molecular formula is C37H44N8O6. The first-order chi connectivity index (χ1) is 24.5. The summed E-state index contributed by atoms with van der Waals surface area (Å²) in [4.78, 5) is 68.8. The van der Waals surface area contributed by atoms with E-state index in [-0.39, 0.29) is 29.8 Å². The fourth-order valence-electron chi connectivity index (χ4n) is 6.94. The minimum atomic E-state index is -1.20. The highest BCUT2D eigenvalue weighted by atomic mass is 16.5. The number of ether oxygens (including phenoxy) is 1. The van der Waals surface area contributed by atoms with Crippen LogP contribution >= 0.6 is 0 Å². The van der Waals surface area contributed by atoms with Crippen molar-refractivity contribution in [3.05, 3.63) is 72.6 Å². The number of carbonyl (C=O) groups is 4. The summed E-state index contributed by atoms with van der Waals surface area (Å²) in [5.41, 5.74) is 5.67. The molecule has 5 N–H and O–H groups in total. The number of rotatable bonds is 10. The van der Waals surface area contributed by atoms with E-state index in [9.17, 15) is 19.2 Å². The van der Waals surface area contributed by atoms with E-state index in [1.54, 1.807) is 22.2 Å². The van der Waals surface area contributed by atoms with Crippen molar-refractivity contribution in [2.75, 3.05) is 20.2 Å². The molecule has 6 rings (SSSR count). The monoisotopic (exact) mass is 696 g/mol. The minimum absolute atomic E-state index is 0.106. The largest absolute Gasteiger partial charge is 0.465 e. The van der Waals surface area contributed by atoms with E-state index in [4.69, 9.17) is 9.84 Å². The van der Waals surface area contributed by atoms with Crippen LogP contribution in [0.15, 0.2) is 60.9 Å². The lowest BCUT2D eigenvalue weighted by Gasteiger charge is -2.35. The molecule has 2 aromatic heterocycles. The standard InChI is InChI=1S/C37H44N8O6/c1-21(2)31(43-37(50)51-4)35(47)45-18-6-8-30(45)33-39-20-29(41-33)26-15-11-24(12-16-26)23-9-13-25(14-10-23)28-19-38-32(40-28)22(3)44-17-5-7-27(34(44)46)42-36(48)49/h9-16,19-22,27,30-31,42H,5-8,17-18H2,1-4H3,(H,38,40)(H,39,41)(H,43,50)(H,48,49). The van der Waals surface area contributed by atoms with Gasteiger partial charge in [-0.2, -0.15) is 0 Å². The van der Waals surface area contributed by atoms with Crippen LogP contribution in [-0.4, -0.2) is 91.1 Å². The number of aromatic amines is 2. The van der Waals surface area contributed by atoms with E-state index in [1.165, 1.54) is 7.11 Å². The minimum Gasteiger partial charge on any atom is -0.465 e. The Balaban J connectivity index is 1.10. The third kappa shape index (κ3) is 7.59. The smallest absolute Gasteiger partial charge is 0.407 e. The van der Waals surface area contributed by atoms with Gasteiger partial charge in [0.1, 0.15) is 23.7 Å². The Labute approximate surface area is 296 Å². The molecule has 0 saturated carbocycles. The number of hydrogen-bond donors (Lipinski definition) is 5. The molecule has 2 aliphatic heterocycles. The van der Waals surface area contributed by atoms with Gasteiger partial charge in [-0.25, -0.2) is 19.6 Å². The lowest BCUT2D eigenvalue weighted by atomic mass is 10.0. The summed E-state index contributed by atoms with van der Waals surface area (Å²) < 4.78 is 4.74. The van der Waals surface area contributed by atoms with Crippen LogP contribution in [0.1, 0.15) is 70.2 Å². The maximum absolute atomic E-state index is 13.5. The molecule has 2 fully saturated rings. The van der Waals surface area contributed by atoms with Gasteiger partial charge in [0.2, 0.25) is 11.8 Å². The van der Waals surface area contributed by atoms with Gasteiger partial charge < -0.3 is 40.2 Å². The Morgan fingerprint density at radius 2 is 1.45 bits per heavy atom. The molecule has 14 heteroatoms. The highest BCUT2D eigenvalue weighted by Crippen LogP contribution is 2.34. The Hall–Kier alpha value is -5.66. The normalized spacial score (nSPS) is 18.8. The fourth-order valence-corrected chi connectivity index (χ4v) is 6.94. The van der Waals surface area contributed by atoms with Gasteiger partial charge in [-0.05, 0) is 60.8 Å². The lowest BCUT2D eigenvalue weighted by Crippen LogP contribution is -2.52. The van der Waals surface area contributed by atoms with E-state index in [2.05, 4.69) is 42.7 Å². The maximum Gasteiger partial charge on any atom is 0.407 e. The van der Waals surface area contributed by atoms with Crippen LogP contribution in [0.4, 0.5) is 9.59 Å². The Morgan fingerprint density at radius 3 is 2.06 bits per heavy atom. The number of hydrogen-bond acceptors (Lipinski definition) is 7. The predicted molar refractivity (Wildman–Crippen MR) is 189 cm³/mol. The molecule has 2 aliphatic rings. The van der Waals surface area contributed by atoms with Crippen LogP contribution in [0.3, 0.4) is 0 Å². The number of alkyl carbamates (subject to hydrolysis) is 1. The second kappa shape index (κ2) is 15.1. The molecule has 4 aromatic rings. The van der Waals surface area contributed by atoms with Gasteiger partial charge >= 0.3 is 12.2 Å². The third-order valence-corrected chi connectivity index (χ3v) is 9.79. The number of amides is 4. The van der Waals surface area contributed by atoms with Crippen molar-refractivity contribution in [3.8, 4) is 33.6 Å². The number of likely N-dealkylation sites (tertiary alicyclic amines) is 2. The summed E-state index contributed by atoms with van der Waals surface area (Å²) in [6, 6.07) is 14.3. The van der Waals surface area contributed by atoms with Crippen molar-refractivity contribution < 1.29 is 29.0 Å². The molecule has 51 heavy (non-hydrogen) atoms. The van der Waals surface area contributed by atoms with Gasteiger partial charge in [0, 0.05) is 13.1 Å². The van der Waals surface area contributed by atoms with Gasteiger partial charge in [0.25, 0.3) is 0 Å². The molecule has 0 aliphatic carbocycles. The van der Waals surface area contributed by atoms with Crippen LogP contribution < -0.4 is 10.6 Å². The Bertz CT molecular complexity index is 1870. The number of methoxy groups -OCH3 is 1. The number of piperidine rings is 1. The van der Waals surface area contributed by atoms with Crippen LogP contribution in [0.25, 0.3) is 33.6 Å². The molecule has 4 unspecified atom stereocenters. The fraction of sp³-hybridized carbons (Fsp3) is 0.405. The maximum atomic E-state index is 13.5. The number of H-pyrrole nitrogens is 2. The molecule has 4 heterocycles. The molecule has 14 nitrogen and oxygen atoms in total. The number of nitrogens with zero attached hydrogens (tertiary/aromatic N) is 4. The van der Waals surface area contributed by atoms with Crippen molar-refractivity contribution in [3.63, 3.8) is 0 Å². The highest BCUT2D eigenvalue weighted by Gasteiger charge is 2.38. The van der Waals surface area contributed by atoms with Crippen LogP contribution in [0.5, 0.6) is 0 Å². The Morgan fingerprint density at radius 1 is 0.863 bits per heavy atom. The number of benzene rings is 2. The summed E-state index contributed by atoms with van der Waals surface area (Å²) in [5, 5.41) is 14.1. The van der Waals surface area contributed by atoms with Crippen LogP contribution in [0, 0.1) is 5.92 Å². The van der Waals surface area contributed by atoms with Gasteiger partial charge in [0.05, 0.1) is 43.0 Å². The van der Waals surface area contributed by atoms with E-state index in [0.29, 0.717) is 31.8 Å². The SMILES string of the molecule is COC(=O)NC(C(=O)N1CCCC1c1ncc(-c2ccc(-c3ccc(-c4cnc(C(C)N5CCCC(NC(=O)O)C5=O)[nH]4)cc3)cc2)[nH]1)C(C)C. The molecule has 268 valence electrons. The molecule has 0 radical (unpaired) electrons. The first kappa shape index (κ1) is 35.2. The molecule has 0 bridgehead atoms. The second-order valence-electron chi connectivity index (χ2n) is 13.4. The topological polar surface area (TPSA) is 186 Å². The van der Waals surface area contributed by atoms with Crippen molar-refractivity contribution in [1.82, 2.24) is 40.4 Å². The van der Waals surface area contributed by atoms with E-state index >= 15 is 0 Å². The summed E-state index contributed by atoms with van der Waals surface area (Å²) >= 11 is 0. The Kier molecular flexibility index (Phi) is 10.4. The van der Waals surface area contributed by atoms with E-state index in [1.807, 2.05) is 57.2 Å². The van der Waals surface area contributed by atoms with Gasteiger partial charge in [0.15, 0.2) is 0 Å². The third-order valence-electron chi connectivity index (χ3n) is 9.79. The number of carbonyl (C=O) groups excluding carboxylic acids is 3. The first-order valence-corrected chi connectivity index (χ1v) is 17.3. The zero-order valence-electron chi connectivity index (χ0n) is 29.2. The van der Waals surface area contributed by atoms with Crippen LogP contribution in [0.2, 0.25) is 0 Å². The molecular weight excluding hydrogens is 652 g/mol. The predicted octanol–water partition coefficient (Wildman–Crippen LogP) is 5.50. The van der Waals surface area contributed by atoms with Gasteiger partial charge in [-0.3, -0.25) is 9.59 Å². The quantitative estimate of drug-likeness (QED) is 0.144. The van der Waals surface area contributed by atoms with Crippen molar-refractivity contribution in [2.24, 2.45) is 5.92 Å². The average Bonchev–Trinajstić information content (AvgIpc) is 3.92. The number of aromatic nitrogens is 4. The van der Waals surface area contributed by atoms with Crippen LogP contribution in [-0.2, 0) is 14.3 Å². The summed E-state index contributed by atoms with van der Waals surface area (Å²) in [6.45, 7) is 6.81. The number of carboxylic acid groups (broad SMARTS) is 1. The van der Waals surface area contributed by atoms with E-state index in [0.717, 1.165) is 52.3 Å². The summed E-state index contributed by atoms with van der Waals surface area (Å²) in [7, 11) is 1.28. The van der Waals surface area contributed by atoms with Crippen molar-refractivity contribution in [1.29, 1.82) is 0 Å². The molecule has 2 saturated heterocycles. The lowest BCUT2D eigenvalue weighted by molar-refractivity contribution is -0.138. The summed E-state index contributed by atoms with van der Waals surface area (Å²) in [5.74, 6) is 0.863. The number of imidazole rings is 2. The number of nitrogens with one attached hydrogen (secondary N) is 4. The highest BCUT2D eigenvalue weighted by molar-refractivity contribution is 5.87. The summed E-state index contributed by atoms with van der Waals surface area (Å²) in [6.07, 6.45) is 4.52. The second-order valence-corrected chi connectivity index (χ2v) is 13.4. The van der Waals surface area contributed by atoms with E-state index < -0.39 is 24.3 Å². The van der Waals surface area contributed by atoms with Gasteiger partial charge in [-0.1, -0.05) is 62.4 Å². The average molecular weight is 697 g/mol. The zero-order valence-corrected chi connectivity index (χ0v) is 29.2. The van der Waals surface area contributed by atoms with Crippen molar-refractivity contribution >= 4 is 24.0 Å². The molecule has 0 spiro atoms.